The van der Waals surface area contributed by atoms with Crippen molar-refractivity contribution in [3.63, 3.8) is 0 Å². The number of aromatic hydroxyl groups is 1. The molecule has 0 aliphatic rings. The largest absolute Gasteiger partial charge is 0.492 e. The van der Waals surface area contributed by atoms with E-state index in [0.717, 1.165) is 0 Å². The molecule has 0 unspecified atom stereocenters. The van der Waals surface area contributed by atoms with E-state index in [2.05, 4.69) is 19.9 Å². The lowest BCUT2D eigenvalue weighted by atomic mass is 10.4. The maximum Gasteiger partial charge on any atom is 0.232 e. The van der Waals surface area contributed by atoms with Gasteiger partial charge < -0.3 is 10.1 Å². The minimum Gasteiger partial charge on any atom is -0.492 e. The number of hydrogen-bond acceptors (Lipinski definition) is 4. The summed E-state index contributed by atoms with van der Waals surface area (Å²) < 4.78 is 0. The second kappa shape index (κ2) is 2.85. The van der Waals surface area contributed by atoms with E-state index in [9.17, 15) is 5.11 Å². The number of nitrogens with one attached hydrogen (secondary N) is 1. The molecule has 0 atom stereocenters. The Balaban J connectivity index is 2.48. The zero-order chi connectivity index (χ0) is 9.26. The van der Waals surface area contributed by atoms with Gasteiger partial charge in [0.15, 0.2) is 5.82 Å². The van der Waals surface area contributed by atoms with Crippen molar-refractivity contribution in [2.24, 2.45) is 0 Å². The molecule has 2 aromatic heterocycles. The first-order valence-electron chi connectivity index (χ1n) is 3.79. The SMILES string of the molecule is Cc1[nH]c(-c2ccncn2)nc1O. The van der Waals surface area contributed by atoms with Crippen LogP contribution in [-0.4, -0.2) is 25.0 Å². The van der Waals surface area contributed by atoms with Crippen molar-refractivity contribution in [2.75, 3.05) is 0 Å². The Morgan fingerprint density at radius 3 is 2.85 bits per heavy atom. The number of aromatic amines is 1. The van der Waals surface area contributed by atoms with Crippen LogP contribution in [0.2, 0.25) is 0 Å². The molecule has 2 N–H and O–H groups in total. The van der Waals surface area contributed by atoms with E-state index in [1.807, 2.05) is 0 Å². The molecule has 2 aromatic rings. The van der Waals surface area contributed by atoms with E-state index in [-0.39, 0.29) is 5.88 Å². The summed E-state index contributed by atoms with van der Waals surface area (Å²) in [5.41, 5.74) is 1.30. The van der Waals surface area contributed by atoms with Gasteiger partial charge in [-0.1, -0.05) is 0 Å². The molecule has 0 spiro atoms. The Labute approximate surface area is 74.5 Å². The van der Waals surface area contributed by atoms with Crippen molar-refractivity contribution in [1.82, 2.24) is 19.9 Å². The van der Waals surface area contributed by atoms with Crippen LogP contribution in [0.3, 0.4) is 0 Å². The molecular weight excluding hydrogens is 168 g/mol. The van der Waals surface area contributed by atoms with Gasteiger partial charge >= 0.3 is 0 Å². The molecule has 0 aliphatic carbocycles. The van der Waals surface area contributed by atoms with Crippen LogP contribution in [-0.2, 0) is 0 Å². The fourth-order valence-corrected chi connectivity index (χ4v) is 1.00. The standard InChI is InChI=1S/C8H8N4O/c1-5-8(13)12-7(11-5)6-2-3-9-4-10-6/h2-4,13H,1H3,(H,11,12). The lowest BCUT2D eigenvalue weighted by molar-refractivity contribution is 0.452. The van der Waals surface area contributed by atoms with E-state index in [1.54, 1.807) is 19.2 Å². The number of hydrogen-bond donors (Lipinski definition) is 2. The Morgan fingerprint density at radius 1 is 1.46 bits per heavy atom. The van der Waals surface area contributed by atoms with E-state index in [4.69, 9.17) is 0 Å². The quantitative estimate of drug-likeness (QED) is 0.676. The molecule has 5 heteroatoms. The van der Waals surface area contributed by atoms with Gasteiger partial charge in [0.2, 0.25) is 5.88 Å². The molecule has 2 rings (SSSR count). The molecule has 2 heterocycles. The van der Waals surface area contributed by atoms with Crippen LogP contribution in [0, 0.1) is 6.92 Å². The predicted molar refractivity (Wildman–Crippen MR) is 46.0 cm³/mol. The summed E-state index contributed by atoms with van der Waals surface area (Å²) >= 11 is 0. The lowest BCUT2D eigenvalue weighted by Gasteiger charge is -1.91. The van der Waals surface area contributed by atoms with Gasteiger partial charge in [0.25, 0.3) is 0 Å². The maximum absolute atomic E-state index is 9.22. The first kappa shape index (κ1) is 7.72. The van der Waals surface area contributed by atoms with E-state index < -0.39 is 0 Å². The van der Waals surface area contributed by atoms with E-state index in [1.165, 1.54) is 6.33 Å². The fourth-order valence-electron chi connectivity index (χ4n) is 1.00. The summed E-state index contributed by atoms with van der Waals surface area (Å²) in [5.74, 6) is 0.561. The molecule has 5 nitrogen and oxygen atoms in total. The van der Waals surface area contributed by atoms with Crippen LogP contribution in [0.25, 0.3) is 11.5 Å². The molecule has 0 amide bonds. The average Bonchev–Trinajstić information content (AvgIpc) is 2.49. The molecule has 0 saturated heterocycles. The molecule has 0 fully saturated rings. The summed E-state index contributed by atoms with van der Waals surface area (Å²) in [6.45, 7) is 1.74. The lowest BCUT2D eigenvalue weighted by Crippen LogP contribution is -1.85. The van der Waals surface area contributed by atoms with Gasteiger partial charge in [-0.25, -0.2) is 9.97 Å². The smallest absolute Gasteiger partial charge is 0.232 e. The molecule has 0 saturated carbocycles. The highest BCUT2D eigenvalue weighted by Gasteiger charge is 2.06. The third-order valence-corrected chi connectivity index (χ3v) is 1.68. The van der Waals surface area contributed by atoms with Crippen LogP contribution in [0.1, 0.15) is 5.69 Å². The average molecular weight is 176 g/mol. The Kier molecular flexibility index (Phi) is 1.70. The second-order valence-corrected chi connectivity index (χ2v) is 2.63. The number of H-pyrrole nitrogens is 1. The van der Waals surface area contributed by atoms with Gasteiger partial charge in [0.1, 0.15) is 12.0 Å². The first-order valence-corrected chi connectivity index (χ1v) is 3.79. The highest BCUT2D eigenvalue weighted by molar-refractivity contribution is 5.50. The number of nitrogens with zero attached hydrogens (tertiary/aromatic N) is 3. The topological polar surface area (TPSA) is 74.7 Å². The zero-order valence-electron chi connectivity index (χ0n) is 7.02. The van der Waals surface area contributed by atoms with Gasteiger partial charge in [-0.05, 0) is 13.0 Å². The third kappa shape index (κ3) is 1.35. The van der Waals surface area contributed by atoms with Crippen LogP contribution in [0.4, 0.5) is 0 Å². The van der Waals surface area contributed by atoms with Crippen LogP contribution < -0.4 is 0 Å². The Bertz CT molecular complexity index is 390. The van der Waals surface area contributed by atoms with E-state index in [0.29, 0.717) is 17.2 Å². The summed E-state index contributed by atoms with van der Waals surface area (Å²) in [4.78, 5) is 14.6. The van der Waals surface area contributed by atoms with Crippen molar-refractivity contribution in [3.8, 4) is 17.4 Å². The molecule has 0 bridgehead atoms. The maximum atomic E-state index is 9.22. The highest BCUT2D eigenvalue weighted by atomic mass is 16.3. The second-order valence-electron chi connectivity index (χ2n) is 2.63. The van der Waals surface area contributed by atoms with Crippen molar-refractivity contribution < 1.29 is 5.11 Å². The van der Waals surface area contributed by atoms with Gasteiger partial charge in [0.05, 0.1) is 5.69 Å². The number of aromatic nitrogens is 4. The van der Waals surface area contributed by atoms with Gasteiger partial charge in [-0.2, -0.15) is 4.98 Å². The monoisotopic (exact) mass is 176 g/mol. The van der Waals surface area contributed by atoms with Crippen LogP contribution >= 0.6 is 0 Å². The molecular formula is C8H8N4O. The molecule has 0 radical (unpaired) electrons. The molecule has 66 valence electrons. The highest BCUT2D eigenvalue weighted by Crippen LogP contribution is 2.18. The fraction of sp³-hybridized carbons (Fsp3) is 0.125. The number of imidazole rings is 1. The molecule has 0 aromatic carbocycles. The summed E-state index contributed by atoms with van der Waals surface area (Å²) in [7, 11) is 0. The minimum absolute atomic E-state index is 0.00797. The Morgan fingerprint density at radius 2 is 2.31 bits per heavy atom. The van der Waals surface area contributed by atoms with Gasteiger partial charge in [0, 0.05) is 6.20 Å². The normalized spacial score (nSPS) is 10.2. The molecule has 13 heavy (non-hydrogen) atoms. The summed E-state index contributed by atoms with van der Waals surface area (Å²) in [5, 5.41) is 9.22. The molecule has 0 aliphatic heterocycles. The third-order valence-electron chi connectivity index (χ3n) is 1.68. The minimum atomic E-state index is 0.00797. The number of rotatable bonds is 1. The number of aryl methyl sites for hydroxylation is 1. The van der Waals surface area contributed by atoms with Crippen molar-refractivity contribution in [1.29, 1.82) is 0 Å². The van der Waals surface area contributed by atoms with Gasteiger partial charge in [-0.3, -0.25) is 0 Å². The Hall–Kier alpha value is -1.91. The summed E-state index contributed by atoms with van der Waals surface area (Å²) in [6, 6.07) is 1.72. The van der Waals surface area contributed by atoms with Crippen molar-refractivity contribution in [3.05, 3.63) is 24.3 Å². The van der Waals surface area contributed by atoms with Crippen LogP contribution in [0.15, 0.2) is 18.6 Å². The van der Waals surface area contributed by atoms with Crippen molar-refractivity contribution >= 4 is 0 Å². The first-order chi connectivity index (χ1) is 6.27. The summed E-state index contributed by atoms with van der Waals surface area (Å²) in [6.07, 6.45) is 3.06. The van der Waals surface area contributed by atoms with Crippen LogP contribution in [0.5, 0.6) is 5.88 Å². The zero-order valence-corrected chi connectivity index (χ0v) is 7.02. The van der Waals surface area contributed by atoms with Crippen molar-refractivity contribution in [2.45, 2.75) is 6.92 Å². The van der Waals surface area contributed by atoms with Gasteiger partial charge in [-0.15, -0.1) is 0 Å². The predicted octanol–water partition coefficient (Wildman–Crippen LogP) is 0.881. The van der Waals surface area contributed by atoms with E-state index >= 15 is 0 Å².